The summed E-state index contributed by atoms with van der Waals surface area (Å²) in [7, 11) is 0. The molecule has 2 rings (SSSR count). The van der Waals surface area contributed by atoms with Gasteiger partial charge in [-0.1, -0.05) is 48.0 Å². The van der Waals surface area contributed by atoms with Gasteiger partial charge in [0.15, 0.2) is 0 Å². The summed E-state index contributed by atoms with van der Waals surface area (Å²) in [6, 6.07) is 11.8. The number of benzene rings is 1. The lowest BCUT2D eigenvalue weighted by Crippen LogP contribution is -2.56. The van der Waals surface area contributed by atoms with E-state index in [1.165, 1.54) is 5.56 Å². The Labute approximate surface area is 115 Å². The van der Waals surface area contributed by atoms with Crippen LogP contribution in [0.4, 0.5) is 0 Å². The highest BCUT2D eigenvalue weighted by Gasteiger charge is 2.24. The largest absolute Gasteiger partial charge is 0.311 e. The molecule has 1 aliphatic heterocycles. The van der Waals surface area contributed by atoms with Crippen LogP contribution in [-0.2, 0) is 6.42 Å². The minimum atomic E-state index is 0.552. The van der Waals surface area contributed by atoms with Gasteiger partial charge >= 0.3 is 0 Å². The Morgan fingerprint density at radius 3 is 2.89 bits per heavy atom. The Morgan fingerprint density at radius 2 is 2.17 bits per heavy atom. The van der Waals surface area contributed by atoms with Gasteiger partial charge in [-0.05, 0) is 18.9 Å². The van der Waals surface area contributed by atoms with E-state index in [0.29, 0.717) is 12.1 Å². The van der Waals surface area contributed by atoms with Gasteiger partial charge in [0.25, 0.3) is 0 Å². The molecule has 2 nitrogen and oxygen atoms in total. The van der Waals surface area contributed by atoms with Gasteiger partial charge in [0, 0.05) is 37.3 Å². The second-order valence-corrected chi connectivity index (χ2v) is 5.22. The van der Waals surface area contributed by atoms with Crippen molar-refractivity contribution in [2.75, 3.05) is 19.6 Å². The molecule has 0 radical (unpaired) electrons. The third-order valence-electron chi connectivity index (χ3n) is 3.47. The van der Waals surface area contributed by atoms with E-state index in [-0.39, 0.29) is 0 Å². The van der Waals surface area contributed by atoms with Crippen LogP contribution in [0.2, 0.25) is 0 Å². The molecule has 1 aromatic carbocycles. The number of hydrogen-bond acceptors (Lipinski definition) is 2. The summed E-state index contributed by atoms with van der Waals surface area (Å²) in [5.41, 5.74) is 3.02. The second-order valence-electron chi connectivity index (χ2n) is 4.97. The van der Waals surface area contributed by atoms with Crippen molar-refractivity contribution < 1.29 is 0 Å². The molecule has 0 saturated carbocycles. The lowest BCUT2D eigenvalue weighted by molar-refractivity contribution is 0.150. The minimum absolute atomic E-state index is 0.552. The lowest BCUT2D eigenvalue weighted by Gasteiger charge is -2.39. The molecular formula is C15H21ClN2. The van der Waals surface area contributed by atoms with Crippen molar-refractivity contribution in [3.05, 3.63) is 47.5 Å². The summed E-state index contributed by atoms with van der Waals surface area (Å²) in [5, 5.41) is 3.56. The molecule has 0 amide bonds. The monoisotopic (exact) mass is 264 g/mol. The van der Waals surface area contributed by atoms with Gasteiger partial charge in [-0.3, -0.25) is 4.90 Å². The average Bonchev–Trinajstić information content (AvgIpc) is 2.40. The third kappa shape index (κ3) is 3.84. The van der Waals surface area contributed by atoms with Crippen LogP contribution in [0.15, 0.2) is 41.9 Å². The van der Waals surface area contributed by atoms with E-state index in [0.717, 1.165) is 26.1 Å². The third-order valence-corrected chi connectivity index (χ3v) is 3.65. The minimum Gasteiger partial charge on any atom is -0.311 e. The molecule has 2 atom stereocenters. The van der Waals surface area contributed by atoms with Crippen LogP contribution in [0.5, 0.6) is 0 Å². The van der Waals surface area contributed by atoms with Crippen molar-refractivity contribution in [3.63, 3.8) is 0 Å². The molecule has 3 heteroatoms. The van der Waals surface area contributed by atoms with Gasteiger partial charge in [-0.15, -0.1) is 0 Å². The number of nitrogens with one attached hydrogen (secondary N) is 1. The van der Waals surface area contributed by atoms with Gasteiger partial charge in [0.1, 0.15) is 0 Å². The highest BCUT2D eigenvalue weighted by Crippen LogP contribution is 2.13. The Hall–Kier alpha value is -0.830. The summed E-state index contributed by atoms with van der Waals surface area (Å²) in [6.45, 7) is 5.30. The van der Waals surface area contributed by atoms with Gasteiger partial charge in [-0.2, -0.15) is 0 Å². The van der Waals surface area contributed by atoms with Crippen LogP contribution in [0.1, 0.15) is 12.5 Å². The fourth-order valence-corrected chi connectivity index (χ4v) is 2.60. The number of halogens is 1. The maximum absolute atomic E-state index is 5.64. The van der Waals surface area contributed by atoms with Crippen LogP contribution in [0.25, 0.3) is 0 Å². The van der Waals surface area contributed by atoms with Gasteiger partial charge < -0.3 is 5.32 Å². The van der Waals surface area contributed by atoms with Gasteiger partial charge in [0.05, 0.1) is 0 Å². The normalized spacial score (nSPS) is 25.7. The molecule has 2 unspecified atom stereocenters. The van der Waals surface area contributed by atoms with E-state index in [1.54, 1.807) is 5.54 Å². The number of hydrogen-bond donors (Lipinski definition) is 1. The number of piperazine rings is 1. The number of rotatable bonds is 4. The summed E-state index contributed by atoms with van der Waals surface area (Å²) in [6.07, 6.45) is 3.12. The quantitative estimate of drug-likeness (QED) is 0.900. The van der Waals surface area contributed by atoms with Crippen molar-refractivity contribution in [2.45, 2.75) is 25.4 Å². The van der Waals surface area contributed by atoms with Crippen LogP contribution in [0, 0.1) is 0 Å². The first kappa shape index (κ1) is 13.6. The molecule has 98 valence electrons. The summed E-state index contributed by atoms with van der Waals surface area (Å²) in [5.74, 6) is 0. The standard InChI is InChI=1S/C15H21ClN2/c1-13-12-18(9-5-8-16)15(11-17-13)10-14-6-3-2-4-7-14/h2-8,13,15,17H,9-12H2,1H3/b8-5+. The summed E-state index contributed by atoms with van der Waals surface area (Å²) < 4.78 is 0. The topological polar surface area (TPSA) is 15.3 Å². The maximum Gasteiger partial charge on any atom is 0.0265 e. The number of nitrogens with zero attached hydrogens (tertiary/aromatic N) is 1. The van der Waals surface area contributed by atoms with Gasteiger partial charge in [0.2, 0.25) is 0 Å². The SMILES string of the molecule is CC1CN(C/C=C/Cl)C(Cc2ccccc2)CN1. The van der Waals surface area contributed by atoms with E-state index in [2.05, 4.69) is 47.5 Å². The van der Waals surface area contributed by atoms with Crippen molar-refractivity contribution >= 4 is 11.6 Å². The fraction of sp³-hybridized carbons (Fsp3) is 0.467. The fourth-order valence-electron chi connectivity index (χ4n) is 2.52. The first-order chi connectivity index (χ1) is 8.79. The van der Waals surface area contributed by atoms with Crippen molar-refractivity contribution in [3.8, 4) is 0 Å². The highest BCUT2D eigenvalue weighted by molar-refractivity contribution is 6.25. The van der Waals surface area contributed by atoms with E-state index < -0.39 is 0 Å². The molecular weight excluding hydrogens is 244 g/mol. The molecule has 0 spiro atoms. The Kier molecular flexibility index (Phi) is 5.24. The Balaban J connectivity index is 1.99. The van der Waals surface area contributed by atoms with Crippen LogP contribution < -0.4 is 5.32 Å². The molecule has 1 aliphatic rings. The first-order valence-corrected chi connectivity index (χ1v) is 7.00. The highest BCUT2D eigenvalue weighted by atomic mass is 35.5. The predicted molar refractivity (Wildman–Crippen MR) is 78.0 cm³/mol. The molecule has 0 aromatic heterocycles. The van der Waals surface area contributed by atoms with Gasteiger partial charge in [-0.25, -0.2) is 0 Å². The molecule has 1 saturated heterocycles. The Morgan fingerprint density at radius 1 is 1.39 bits per heavy atom. The van der Waals surface area contributed by atoms with Crippen LogP contribution in [-0.4, -0.2) is 36.6 Å². The first-order valence-electron chi connectivity index (χ1n) is 6.56. The lowest BCUT2D eigenvalue weighted by atomic mass is 10.0. The summed E-state index contributed by atoms with van der Waals surface area (Å²) >= 11 is 5.64. The van der Waals surface area contributed by atoms with Crippen LogP contribution in [0.3, 0.4) is 0 Å². The van der Waals surface area contributed by atoms with E-state index >= 15 is 0 Å². The second kappa shape index (κ2) is 6.93. The molecule has 1 fully saturated rings. The molecule has 18 heavy (non-hydrogen) atoms. The molecule has 1 aromatic rings. The zero-order valence-corrected chi connectivity index (χ0v) is 11.6. The van der Waals surface area contributed by atoms with E-state index in [9.17, 15) is 0 Å². The van der Waals surface area contributed by atoms with Crippen molar-refractivity contribution in [2.24, 2.45) is 0 Å². The molecule has 0 aliphatic carbocycles. The molecule has 1 heterocycles. The van der Waals surface area contributed by atoms with Crippen LogP contribution >= 0.6 is 11.6 Å². The van der Waals surface area contributed by atoms with E-state index in [1.807, 2.05) is 6.08 Å². The Bertz CT molecular complexity index is 377. The molecule has 0 bridgehead atoms. The smallest absolute Gasteiger partial charge is 0.0265 e. The van der Waals surface area contributed by atoms with E-state index in [4.69, 9.17) is 11.6 Å². The van der Waals surface area contributed by atoms with Crippen molar-refractivity contribution in [1.82, 2.24) is 10.2 Å². The predicted octanol–water partition coefficient (Wildman–Crippen LogP) is 2.64. The molecule has 1 N–H and O–H groups in total. The maximum atomic E-state index is 5.64. The summed E-state index contributed by atoms with van der Waals surface area (Å²) in [4.78, 5) is 2.51. The van der Waals surface area contributed by atoms with Crippen molar-refractivity contribution in [1.29, 1.82) is 0 Å². The zero-order valence-electron chi connectivity index (χ0n) is 10.8. The average molecular weight is 265 g/mol. The zero-order chi connectivity index (χ0) is 12.8.